The third kappa shape index (κ3) is 5.73. The number of nitrogens with two attached hydrogens (primary N) is 1. The number of likely N-dealkylation sites (tertiary alicyclic amines) is 1. The molecule has 5 heteroatoms. The zero-order valence-corrected chi connectivity index (χ0v) is 10.6. The number of rotatable bonds is 4. The van der Waals surface area contributed by atoms with Crippen LogP contribution in [0.15, 0.2) is 0 Å². The molecule has 3 atom stereocenters. The average molecular weight is 252 g/mol. The van der Waals surface area contributed by atoms with Crippen LogP contribution < -0.4 is 5.73 Å². The van der Waals surface area contributed by atoms with Gasteiger partial charge in [0.15, 0.2) is 0 Å². The molecule has 3 unspecified atom stereocenters. The second kappa shape index (κ2) is 6.05. The number of halogens is 3. The van der Waals surface area contributed by atoms with Crippen molar-refractivity contribution < 1.29 is 13.2 Å². The Morgan fingerprint density at radius 1 is 1.35 bits per heavy atom. The highest BCUT2D eigenvalue weighted by molar-refractivity contribution is 4.82. The molecule has 1 aliphatic rings. The molecule has 1 rings (SSSR count). The number of piperidine rings is 1. The molecule has 0 aromatic carbocycles. The molecule has 0 bridgehead atoms. The Labute approximate surface area is 101 Å². The van der Waals surface area contributed by atoms with E-state index in [1.807, 2.05) is 6.92 Å². The van der Waals surface area contributed by atoms with Gasteiger partial charge in [0.05, 0.1) is 0 Å². The van der Waals surface area contributed by atoms with Crippen LogP contribution in [0, 0.1) is 5.92 Å². The van der Waals surface area contributed by atoms with E-state index in [1.165, 1.54) is 0 Å². The average Bonchev–Trinajstić information content (AvgIpc) is 2.13. The molecular formula is C12H23F3N2. The molecule has 1 aliphatic heterocycles. The number of hydrogen-bond acceptors (Lipinski definition) is 2. The molecule has 1 heterocycles. The van der Waals surface area contributed by atoms with Gasteiger partial charge in [0, 0.05) is 31.6 Å². The second-order valence-electron chi connectivity index (χ2n) is 5.41. The molecule has 0 aliphatic carbocycles. The van der Waals surface area contributed by atoms with Crippen LogP contribution in [0.5, 0.6) is 0 Å². The van der Waals surface area contributed by atoms with E-state index in [-0.39, 0.29) is 18.5 Å². The third-order valence-electron chi connectivity index (χ3n) is 3.43. The van der Waals surface area contributed by atoms with Crippen LogP contribution in [0.1, 0.15) is 39.5 Å². The van der Waals surface area contributed by atoms with Gasteiger partial charge < -0.3 is 5.73 Å². The number of hydrogen-bond donors (Lipinski definition) is 1. The van der Waals surface area contributed by atoms with Crippen molar-refractivity contribution in [1.29, 1.82) is 0 Å². The topological polar surface area (TPSA) is 29.3 Å². The Morgan fingerprint density at radius 3 is 2.53 bits per heavy atom. The predicted octanol–water partition coefficient (Wildman–Crippen LogP) is 2.78. The van der Waals surface area contributed by atoms with Crippen molar-refractivity contribution in [1.82, 2.24) is 4.90 Å². The van der Waals surface area contributed by atoms with Gasteiger partial charge in [-0.2, -0.15) is 13.2 Å². The molecule has 0 radical (unpaired) electrons. The largest absolute Gasteiger partial charge is 0.389 e. The Morgan fingerprint density at radius 2 is 2.00 bits per heavy atom. The highest BCUT2D eigenvalue weighted by Crippen LogP contribution is 2.24. The summed E-state index contributed by atoms with van der Waals surface area (Å²) in [6.45, 7) is 5.92. The SMILES string of the molecule is CC1CC(N)CN(C(C)CCCC(F)(F)F)C1. The van der Waals surface area contributed by atoms with E-state index in [4.69, 9.17) is 5.73 Å². The quantitative estimate of drug-likeness (QED) is 0.833. The lowest BCUT2D eigenvalue weighted by Crippen LogP contribution is -2.49. The van der Waals surface area contributed by atoms with Crippen LogP contribution in [0.2, 0.25) is 0 Å². The van der Waals surface area contributed by atoms with E-state index >= 15 is 0 Å². The fraction of sp³-hybridized carbons (Fsp3) is 1.00. The van der Waals surface area contributed by atoms with Gasteiger partial charge in [-0.05, 0) is 32.1 Å². The Kier molecular flexibility index (Phi) is 5.25. The lowest BCUT2D eigenvalue weighted by molar-refractivity contribution is -0.136. The summed E-state index contributed by atoms with van der Waals surface area (Å²) in [6.07, 6.45) is -2.87. The van der Waals surface area contributed by atoms with Crippen LogP contribution in [0.25, 0.3) is 0 Å². The first kappa shape index (κ1) is 14.8. The summed E-state index contributed by atoms with van der Waals surface area (Å²) in [6, 6.07) is 0.370. The van der Waals surface area contributed by atoms with Crippen molar-refractivity contribution in [3.63, 3.8) is 0 Å². The van der Waals surface area contributed by atoms with Gasteiger partial charge in [0.1, 0.15) is 0 Å². The fourth-order valence-electron chi connectivity index (χ4n) is 2.58. The first-order valence-electron chi connectivity index (χ1n) is 6.34. The minimum Gasteiger partial charge on any atom is -0.327 e. The van der Waals surface area contributed by atoms with Crippen molar-refractivity contribution >= 4 is 0 Å². The summed E-state index contributed by atoms with van der Waals surface area (Å²) in [4.78, 5) is 2.23. The van der Waals surface area contributed by atoms with E-state index in [9.17, 15) is 13.2 Å². The maximum absolute atomic E-state index is 12.0. The molecule has 1 saturated heterocycles. The summed E-state index contributed by atoms with van der Waals surface area (Å²) in [5.74, 6) is 0.545. The Hall–Kier alpha value is -0.290. The van der Waals surface area contributed by atoms with E-state index in [2.05, 4.69) is 11.8 Å². The maximum atomic E-state index is 12.0. The van der Waals surface area contributed by atoms with Crippen LogP contribution in [0.3, 0.4) is 0 Å². The fourth-order valence-corrected chi connectivity index (χ4v) is 2.58. The van der Waals surface area contributed by atoms with Crippen molar-refractivity contribution in [2.24, 2.45) is 11.7 Å². The summed E-state index contributed by atoms with van der Waals surface area (Å²) in [5, 5.41) is 0. The van der Waals surface area contributed by atoms with E-state index in [1.54, 1.807) is 0 Å². The molecule has 2 nitrogen and oxygen atoms in total. The molecule has 17 heavy (non-hydrogen) atoms. The van der Waals surface area contributed by atoms with Crippen LogP contribution >= 0.6 is 0 Å². The van der Waals surface area contributed by atoms with Crippen molar-refractivity contribution in [3.05, 3.63) is 0 Å². The van der Waals surface area contributed by atoms with Gasteiger partial charge in [-0.25, -0.2) is 0 Å². The molecule has 0 aromatic heterocycles. The maximum Gasteiger partial charge on any atom is 0.389 e. The van der Waals surface area contributed by atoms with Crippen LogP contribution in [0.4, 0.5) is 13.2 Å². The van der Waals surface area contributed by atoms with Gasteiger partial charge in [0.25, 0.3) is 0 Å². The third-order valence-corrected chi connectivity index (χ3v) is 3.43. The molecule has 2 N–H and O–H groups in total. The van der Waals surface area contributed by atoms with Crippen molar-refractivity contribution in [2.75, 3.05) is 13.1 Å². The molecule has 102 valence electrons. The second-order valence-corrected chi connectivity index (χ2v) is 5.41. The molecule has 0 saturated carbocycles. The first-order chi connectivity index (χ1) is 7.78. The normalized spacial score (nSPS) is 29.3. The zero-order valence-electron chi connectivity index (χ0n) is 10.6. The standard InChI is InChI=1S/C12H23F3N2/c1-9-6-11(16)8-17(7-9)10(2)4-3-5-12(13,14)15/h9-11H,3-8,16H2,1-2H3. The predicted molar refractivity (Wildman–Crippen MR) is 62.7 cm³/mol. The van der Waals surface area contributed by atoms with Crippen LogP contribution in [-0.4, -0.2) is 36.2 Å². The van der Waals surface area contributed by atoms with Gasteiger partial charge in [-0.1, -0.05) is 6.92 Å². The van der Waals surface area contributed by atoms with Gasteiger partial charge >= 0.3 is 6.18 Å². The van der Waals surface area contributed by atoms with Gasteiger partial charge in [0.2, 0.25) is 0 Å². The van der Waals surface area contributed by atoms with Crippen molar-refractivity contribution in [2.45, 2.75) is 57.8 Å². The lowest BCUT2D eigenvalue weighted by Gasteiger charge is -2.38. The smallest absolute Gasteiger partial charge is 0.327 e. The van der Waals surface area contributed by atoms with E-state index < -0.39 is 12.6 Å². The minimum atomic E-state index is -4.02. The summed E-state index contributed by atoms with van der Waals surface area (Å²) >= 11 is 0. The molecule has 0 aromatic rings. The highest BCUT2D eigenvalue weighted by atomic mass is 19.4. The zero-order chi connectivity index (χ0) is 13.1. The molecule has 0 spiro atoms. The van der Waals surface area contributed by atoms with E-state index in [0.717, 1.165) is 19.5 Å². The Bertz CT molecular complexity index is 220. The number of alkyl halides is 3. The molecule has 0 amide bonds. The first-order valence-corrected chi connectivity index (χ1v) is 6.34. The van der Waals surface area contributed by atoms with E-state index in [0.29, 0.717) is 12.3 Å². The van der Waals surface area contributed by atoms with Gasteiger partial charge in [-0.3, -0.25) is 4.90 Å². The molecule has 1 fully saturated rings. The lowest BCUT2D eigenvalue weighted by atomic mass is 9.94. The van der Waals surface area contributed by atoms with Crippen LogP contribution in [-0.2, 0) is 0 Å². The Balaban J connectivity index is 2.29. The van der Waals surface area contributed by atoms with Crippen molar-refractivity contribution in [3.8, 4) is 0 Å². The van der Waals surface area contributed by atoms with Gasteiger partial charge in [-0.15, -0.1) is 0 Å². The summed E-state index contributed by atoms with van der Waals surface area (Å²) in [5.41, 5.74) is 5.93. The number of nitrogens with zero attached hydrogens (tertiary/aromatic N) is 1. The minimum absolute atomic E-state index is 0.170. The molecular weight excluding hydrogens is 229 g/mol. The monoisotopic (exact) mass is 252 g/mol. The summed E-state index contributed by atoms with van der Waals surface area (Å²) in [7, 11) is 0. The highest BCUT2D eigenvalue weighted by Gasteiger charge is 2.28. The summed E-state index contributed by atoms with van der Waals surface area (Å²) < 4.78 is 36.1.